The Morgan fingerprint density at radius 2 is 2.05 bits per heavy atom. The van der Waals surface area contributed by atoms with Crippen molar-refractivity contribution in [1.29, 1.82) is 0 Å². The molecule has 0 unspecified atom stereocenters. The molecule has 0 saturated carbocycles. The first-order valence-corrected chi connectivity index (χ1v) is 8.27. The molecule has 0 amide bonds. The molecule has 2 aromatic heterocycles. The Labute approximate surface area is 130 Å². The van der Waals surface area contributed by atoms with Crippen LogP contribution in [-0.4, -0.2) is 21.1 Å². The molecule has 0 spiro atoms. The Kier molecular flexibility index (Phi) is 5.23. The third kappa shape index (κ3) is 3.76. The maximum Gasteiger partial charge on any atom is 0.174 e. The van der Waals surface area contributed by atoms with Gasteiger partial charge in [-0.1, -0.05) is 24.8 Å². The van der Waals surface area contributed by atoms with E-state index in [1.165, 1.54) is 11.8 Å². The molecule has 0 N–H and O–H groups in total. The van der Waals surface area contributed by atoms with Gasteiger partial charge in [0.2, 0.25) is 0 Å². The number of carbonyl (C=O) groups excluding carboxylic acids is 1. The summed E-state index contributed by atoms with van der Waals surface area (Å²) in [5.74, 6) is 0.616. The Balaban J connectivity index is 2.07. The largest absolute Gasteiger partial charge is 0.348 e. The summed E-state index contributed by atoms with van der Waals surface area (Å²) in [5.41, 5.74) is 4.22. The second-order valence-corrected chi connectivity index (χ2v) is 6.32. The number of Topliss-reactive ketones (excluding diaryl/α,β-unsaturated/α-hetero) is 1. The van der Waals surface area contributed by atoms with E-state index in [1.54, 1.807) is 0 Å². The van der Waals surface area contributed by atoms with Gasteiger partial charge >= 0.3 is 0 Å². The number of pyridine rings is 1. The zero-order chi connectivity index (χ0) is 15.4. The molecule has 0 aliphatic carbocycles. The van der Waals surface area contributed by atoms with Crippen LogP contribution in [0.4, 0.5) is 0 Å². The lowest BCUT2D eigenvalue weighted by molar-refractivity contribution is 0.102. The van der Waals surface area contributed by atoms with Gasteiger partial charge in [-0.2, -0.15) is 0 Å². The molecule has 3 nitrogen and oxygen atoms in total. The van der Waals surface area contributed by atoms with E-state index in [4.69, 9.17) is 0 Å². The standard InChI is InChI=1S/C17H22N2OS/c1-5-8-19-13(3)9-15(14(19)4)16(20)11-21-17-7-6-12(2)10-18-17/h6-7,9-10H,5,8,11H2,1-4H3. The van der Waals surface area contributed by atoms with Gasteiger partial charge in [0.05, 0.1) is 10.8 Å². The van der Waals surface area contributed by atoms with Crippen LogP contribution >= 0.6 is 11.8 Å². The number of thioether (sulfide) groups is 1. The molecule has 0 aliphatic rings. The van der Waals surface area contributed by atoms with Gasteiger partial charge in [-0.15, -0.1) is 0 Å². The van der Waals surface area contributed by atoms with Crippen LogP contribution < -0.4 is 0 Å². The van der Waals surface area contributed by atoms with Gasteiger partial charge in [0.25, 0.3) is 0 Å². The molecular weight excluding hydrogens is 280 g/mol. The summed E-state index contributed by atoms with van der Waals surface area (Å²) >= 11 is 1.50. The molecule has 2 aromatic rings. The summed E-state index contributed by atoms with van der Waals surface area (Å²) in [6.45, 7) is 9.23. The molecule has 2 rings (SSSR count). The monoisotopic (exact) mass is 302 g/mol. The molecule has 0 fully saturated rings. The third-order valence-corrected chi connectivity index (χ3v) is 4.50. The number of nitrogens with zero attached hydrogens (tertiary/aromatic N) is 2. The molecule has 0 bridgehead atoms. The van der Waals surface area contributed by atoms with E-state index < -0.39 is 0 Å². The molecule has 0 atom stereocenters. The van der Waals surface area contributed by atoms with Crippen LogP contribution in [0.1, 0.15) is 40.7 Å². The highest BCUT2D eigenvalue weighted by Gasteiger charge is 2.15. The predicted molar refractivity (Wildman–Crippen MR) is 88.2 cm³/mol. The first-order valence-electron chi connectivity index (χ1n) is 7.28. The van der Waals surface area contributed by atoms with Crippen molar-refractivity contribution in [2.75, 3.05) is 5.75 Å². The molecular formula is C17H22N2OS. The van der Waals surface area contributed by atoms with Crippen LogP contribution in [-0.2, 0) is 6.54 Å². The van der Waals surface area contributed by atoms with Crippen molar-refractivity contribution in [3.8, 4) is 0 Å². The van der Waals surface area contributed by atoms with E-state index in [-0.39, 0.29) is 5.78 Å². The van der Waals surface area contributed by atoms with E-state index >= 15 is 0 Å². The molecule has 0 aliphatic heterocycles. The van der Waals surface area contributed by atoms with Crippen LogP contribution in [0.2, 0.25) is 0 Å². The van der Waals surface area contributed by atoms with Crippen LogP contribution in [0.15, 0.2) is 29.4 Å². The van der Waals surface area contributed by atoms with E-state index in [9.17, 15) is 4.79 Å². The average molecular weight is 302 g/mol. The van der Waals surface area contributed by atoms with Crippen molar-refractivity contribution >= 4 is 17.5 Å². The Morgan fingerprint density at radius 1 is 1.29 bits per heavy atom. The lowest BCUT2D eigenvalue weighted by Crippen LogP contribution is -2.06. The predicted octanol–water partition coefficient (Wildman–Crippen LogP) is 4.19. The second kappa shape index (κ2) is 6.94. The Hall–Kier alpha value is -1.55. The maximum atomic E-state index is 12.4. The molecule has 21 heavy (non-hydrogen) atoms. The minimum Gasteiger partial charge on any atom is -0.348 e. The van der Waals surface area contributed by atoms with Gasteiger partial charge < -0.3 is 4.57 Å². The first-order chi connectivity index (χ1) is 10.0. The number of ketones is 1. The van der Waals surface area contributed by atoms with Gasteiger partial charge in [-0.05, 0) is 44.9 Å². The normalized spacial score (nSPS) is 10.9. The fourth-order valence-corrected chi connectivity index (χ4v) is 3.13. The first kappa shape index (κ1) is 15.8. The third-order valence-electron chi connectivity index (χ3n) is 3.56. The molecule has 2 heterocycles. The van der Waals surface area contributed by atoms with Crippen molar-refractivity contribution in [1.82, 2.24) is 9.55 Å². The summed E-state index contributed by atoms with van der Waals surface area (Å²) in [4.78, 5) is 16.7. The van der Waals surface area contributed by atoms with Crippen LogP contribution in [0.25, 0.3) is 0 Å². The van der Waals surface area contributed by atoms with Gasteiger partial charge in [-0.25, -0.2) is 4.98 Å². The van der Waals surface area contributed by atoms with Gasteiger partial charge in [0.1, 0.15) is 0 Å². The Morgan fingerprint density at radius 3 is 2.67 bits per heavy atom. The SMILES string of the molecule is CCCn1c(C)cc(C(=O)CSc2ccc(C)cn2)c1C. The van der Waals surface area contributed by atoms with Crippen LogP contribution in [0.5, 0.6) is 0 Å². The zero-order valence-corrected chi connectivity index (χ0v) is 14.0. The van der Waals surface area contributed by atoms with Crippen LogP contribution in [0.3, 0.4) is 0 Å². The molecule has 0 radical (unpaired) electrons. The lowest BCUT2D eigenvalue weighted by Gasteiger charge is -2.07. The van der Waals surface area contributed by atoms with Gasteiger partial charge in [0, 0.05) is 29.7 Å². The zero-order valence-electron chi connectivity index (χ0n) is 13.1. The van der Waals surface area contributed by atoms with Crippen LogP contribution in [0, 0.1) is 20.8 Å². The molecule has 112 valence electrons. The number of hydrogen-bond acceptors (Lipinski definition) is 3. The van der Waals surface area contributed by atoms with Gasteiger partial charge in [0.15, 0.2) is 5.78 Å². The fourth-order valence-electron chi connectivity index (χ4n) is 2.41. The number of aryl methyl sites for hydroxylation is 2. The van der Waals surface area contributed by atoms with Crippen molar-refractivity contribution in [2.24, 2.45) is 0 Å². The smallest absolute Gasteiger partial charge is 0.174 e. The van der Waals surface area contributed by atoms with E-state index in [0.29, 0.717) is 5.75 Å². The van der Waals surface area contributed by atoms with Crippen molar-refractivity contribution in [2.45, 2.75) is 45.7 Å². The minimum absolute atomic E-state index is 0.179. The number of rotatable bonds is 6. The van der Waals surface area contributed by atoms with E-state index in [2.05, 4.69) is 23.4 Å². The highest BCUT2D eigenvalue weighted by Crippen LogP contribution is 2.21. The molecule has 4 heteroatoms. The van der Waals surface area contributed by atoms with E-state index in [0.717, 1.165) is 40.5 Å². The lowest BCUT2D eigenvalue weighted by atomic mass is 10.2. The van der Waals surface area contributed by atoms with E-state index in [1.807, 2.05) is 38.2 Å². The van der Waals surface area contributed by atoms with Crippen molar-refractivity contribution in [3.63, 3.8) is 0 Å². The fraction of sp³-hybridized carbons (Fsp3) is 0.412. The highest BCUT2D eigenvalue weighted by molar-refractivity contribution is 7.99. The topological polar surface area (TPSA) is 34.9 Å². The summed E-state index contributed by atoms with van der Waals surface area (Å²) in [6, 6.07) is 6.00. The summed E-state index contributed by atoms with van der Waals surface area (Å²) in [5, 5.41) is 0.899. The number of aromatic nitrogens is 2. The quantitative estimate of drug-likeness (QED) is 0.592. The van der Waals surface area contributed by atoms with Crippen molar-refractivity contribution in [3.05, 3.63) is 46.9 Å². The second-order valence-electron chi connectivity index (χ2n) is 5.32. The highest BCUT2D eigenvalue weighted by atomic mass is 32.2. The summed E-state index contributed by atoms with van der Waals surface area (Å²) < 4.78 is 2.22. The van der Waals surface area contributed by atoms with Crippen molar-refractivity contribution < 1.29 is 4.79 Å². The summed E-state index contributed by atoms with van der Waals surface area (Å²) in [7, 11) is 0. The maximum absolute atomic E-state index is 12.4. The molecule has 0 aromatic carbocycles. The summed E-state index contributed by atoms with van der Waals surface area (Å²) in [6.07, 6.45) is 2.91. The molecule has 0 saturated heterocycles. The van der Waals surface area contributed by atoms with Gasteiger partial charge in [-0.3, -0.25) is 4.79 Å². The number of hydrogen-bond donors (Lipinski definition) is 0. The number of carbonyl (C=O) groups is 1. The Bertz CT molecular complexity index is 629. The average Bonchev–Trinajstić information content (AvgIpc) is 2.75. The minimum atomic E-state index is 0.179.